The monoisotopic (exact) mass is 190 g/mol. The second-order valence-corrected chi connectivity index (χ2v) is 3.60. The Labute approximate surface area is 73.1 Å². The quantitative estimate of drug-likeness (QED) is 0.650. The summed E-state index contributed by atoms with van der Waals surface area (Å²) in [6, 6.07) is 0.838. The van der Waals surface area contributed by atoms with E-state index < -0.39 is 16.1 Å². The van der Waals surface area contributed by atoms with E-state index in [9.17, 15) is 8.42 Å². The summed E-state index contributed by atoms with van der Waals surface area (Å²) >= 11 is 0. The maximum absolute atomic E-state index is 11.1. The molecule has 0 aliphatic carbocycles. The van der Waals surface area contributed by atoms with E-state index >= 15 is 0 Å². The van der Waals surface area contributed by atoms with Gasteiger partial charge in [-0.15, -0.1) is 10.2 Å². The molecular weight excluding hydrogens is 180 g/mol. The number of hydrogen-bond donors (Lipinski definition) is 0. The maximum Gasteiger partial charge on any atom is 0.233 e. The number of methoxy groups -OCH3 is 1. The molecule has 0 saturated heterocycles. The molecule has 0 radical (unpaired) electrons. The molecule has 0 bridgehead atoms. The maximum atomic E-state index is 11.1. The van der Waals surface area contributed by atoms with Crippen LogP contribution in [0.3, 0.4) is 0 Å². The largest absolute Gasteiger partial charge is 0.480 e. The predicted molar refractivity (Wildman–Crippen MR) is 41.7 cm³/mol. The van der Waals surface area contributed by atoms with Crippen molar-refractivity contribution in [3.8, 4) is 5.88 Å². The topological polar surface area (TPSA) is 69.2 Å². The van der Waals surface area contributed by atoms with E-state index in [1.807, 2.05) is 0 Å². The van der Waals surface area contributed by atoms with E-state index in [1.54, 1.807) is 0 Å². The van der Waals surface area contributed by atoms with Gasteiger partial charge in [0.1, 0.15) is 0 Å². The highest BCUT2D eigenvalue weighted by Gasteiger charge is 2.08. The molecule has 5 nitrogen and oxygen atoms in total. The SMILES string of the molecule is [2H]CS(=O)(=O)c1cc([2H])c(OC)nn1. The lowest BCUT2D eigenvalue weighted by Gasteiger charge is -1.97. The Bertz CT molecular complexity index is 435. The smallest absolute Gasteiger partial charge is 0.233 e. The number of ether oxygens (including phenoxy) is 1. The Morgan fingerprint density at radius 2 is 2.42 bits per heavy atom. The van der Waals surface area contributed by atoms with Crippen LogP contribution in [-0.2, 0) is 9.84 Å². The van der Waals surface area contributed by atoms with Crippen LogP contribution in [0.2, 0.25) is 0 Å². The van der Waals surface area contributed by atoms with E-state index in [0.717, 1.165) is 6.07 Å². The fourth-order valence-corrected chi connectivity index (χ4v) is 0.931. The summed E-state index contributed by atoms with van der Waals surface area (Å²) in [6.45, 7) is 0. The summed E-state index contributed by atoms with van der Waals surface area (Å²) in [6.07, 6.45) is -0.812. The molecule has 0 aromatic carbocycles. The molecule has 0 aliphatic heterocycles. The molecule has 66 valence electrons. The highest BCUT2D eigenvalue weighted by Crippen LogP contribution is 2.07. The van der Waals surface area contributed by atoms with Gasteiger partial charge in [0.15, 0.2) is 14.9 Å². The van der Waals surface area contributed by atoms with Crippen molar-refractivity contribution >= 4 is 9.84 Å². The van der Waals surface area contributed by atoms with Gasteiger partial charge in [0.2, 0.25) is 5.88 Å². The van der Waals surface area contributed by atoms with Gasteiger partial charge >= 0.3 is 0 Å². The first-order chi connectivity index (χ1) is 6.51. The number of sulfone groups is 1. The van der Waals surface area contributed by atoms with Crippen LogP contribution in [0.15, 0.2) is 17.1 Å². The standard InChI is InChI=1S/C6H8N2O3S/c1-11-5-3-4-6(8-7-5)12(2,9)10/h3-4H,1-2H3/i2D,3D. The first-order valence-corrected chi connectivity index (χ1v) is 4.57. The zero-order valence-corrected chi connectivity index (χ0v) is 7.13. The lowest BCUT2D eigenvalue weighted by molar-refractivity contribution is 0.389. The molecule has 1 rings (SSSR count). The lowest BCUT2D eigenvalue weighted by atomic mass is 10.6. The van der Waals surface area contributed by atoms with Crippen LogP contribution in [0, 0.1) is 0 Å². The van der Waals surface area contributed by atoms with Crippen molar-refractivity contribution in [2.45, 2.75) is 5.03 Å². The Balaban J connectivity index is 3.22. The molecular formula is C6H8N2O3S. The molecule has 0 fully saturated rings. The van der Waals surface area contributed by atoms with E-state index in [4.69, 9.17) is 2.74 Å². The number of nitrogens with zero attached hydrogens (tertiary/aromatic N) is 2. The fourth-order valence-electron chi connectivity index (χ4n) is 0.528. The van der Waals surface area contributed by atoms with Gasteiger partial charge in [-0.1, -0.05) is 0 Å². The number of rotatable bonds is 2. The fraction of sp³-hybridized carbons (Fsp3) is 0.333. The molecule has 0 amide bonds. The van der Waals surface area contributed by atoms with Gasteiger partial charge in [-0.3, -0.25) is 0 Å². The predicted octanol–water partition coefficient (Wildman–Crippen LogP) is -0.111. The third-order valence-corrected chi connectivity index (χ3v) is 1.91. The van der Waals surface area contributed by atoms with Crippen molar-refractivity contribution in [1.29, 1.82) is 0 Å². The number of aromatic nitrogens is 2. The van der Waals surface area contributed by atoms with Crippen molar-refractivity contribution in [3.63, 3.8) is 0 Å². The average Bonchev–Trinajstić information content (AvgIpc) is 2.17. The molecule has 1 heterocycles. The minimum atomic E-state index is -3.73. The van der Waals surface area contributed by atoms with Crippen LogP contribution in [0.4, 0.5) is 0 Å². The third kappa shape index (κ3) is 1.91. The van der Waals surface area contributed by atoms with Crippen LogP contribution in [0.1, 0.15) is 2.74 Å². The van der Waals surface area contributed by atoms with Gasteiger partial charge in [-0.25, -0.2) is 8.42 Å². The summed E-state index contributed by atoms with van der Waals surface area (Å²) in [7, 11) is -2.42. The van der Waals surface area contributed by atoms with Crippen LogP contribution in [-0.4, -0.2) is 32.0 Å². The zero-order valence-electron chi connectivity index (χ0n) is 8.31. The second-order valence-electron chi connectivity index (χ2n) is 1.95. The third-order valence-electron chi connectivity index (χ3n) is 1.07. The van der Waals surface area contributed by atoms with Crippen LogP contribution >= 0.6 is 0 Å². The highest BCUT2D eigenvalue weighted by atomic mass is 32.2. The summed E-state index contributed by atoms with van der Waals surface area (Å²) in [5.41, 5.74) is 0. The molecule has 6 heteroatoms. The first-order valence-electron chi connectivity index (χ1n) is 4.12. The van der Waals surface area contributed by atoms with Gasteiger partial charge in [-0.05, 0) is 6.07 Å². The van der Waals surface area contributed by atoms with Crippen molar-refractivity contribution in [3.05, 3.63) is 12.1 Å². The molecule has 12 heavy (non-hydrogen) atoms. The first kappa shape index (κ1) is 6.36. The average molecular weight is 190 g/mol. The van der Waals surface area contributed by atoms with Crippen molar-refractivity contribution in [2.75, 3.05) is 13.3 Å². The highest BCUT2D eigenvalue weighted by molar-refractivity contribution is 7.90. The van der Waals surface area contributed by atoms with Crippen LogP contribution in [0.25, 0.3) is 0 Å². The molecule has 0 unspecified atom stereocenters. The Morgan fingerprint density at radius 1 is 1.67 bits per heavy atom. The minimum Gasteiger partial charge on any atom is -0.480 e. The van der Waals surface area contributed by atoms with Crippen molar-refractivity contribution < 1.29 is 15.9 Å². The van der Waals surface area contributed by atoms with Crippen molar-refractivity contribution in [2.24, 2.45) is 0 Å². The molecule has 0 N–H and O–H groups in total. The van der Waals surface area contributed by atoms with Crippen LogP contribution in [0.5, 0.6) is 5.88 Å². The van der Waals surface area contributed by atoms with Crippen LogP contribution < -0.4 is 4.74 Å². The molecule has 0 saturated carbocycles. The lowest BCUT2D eigenvalue weighted by Crippen LogP contribution is -2.02. The van der Waals surface area contributed by atoms with Gasteiger partial charge in [0.05, 0.1) is 8.48 Å². The normalized spacial score (nSPS) is 13.4. The van der Waals surface area contributed by atoms with E-state index in [1.165, 1.54) is 7.11 Å². The van der Waals surface area contributed by atoms with Gasteiger partial charge < -0.3 is 4.74 Å². The summed E-state index contributed by atoms with van der Waals surface area (Å²) < 4.78 is 41.0. The molecule has 0 spiro atoms. The van der Waals surface area contributed by atoms with E-state index in [2.05, 4.69) is 14.9 Å². The number of hydrogen-bond acceptors (Lipinski definition) is 5. The molecule has 1 aromatic heterocycles. The molecule has 1 aromatic rings. The minimum absolute atomic E-state index is 0.0473. The van der Waals surface area contributed by atoms with Gasteiger partial charge in [-0.2, -0.15) is 0 Å². The Kier molecular flexibility index (Phi) is 1.62. The Hall–Kier alpha value is -1.17. The van der Waals surface area contributed by atoms with E-state index in [-0.39, 0.29) is 16.9 Å². The molecule has 0 atom stereocenters. The summed E-state index contributed by atoms with van der Waals surface area (Å²) in [5.74, 6) is -0.0473. The summed E-state index contributed by atoms with van der Waals surface area (Å²) in [4.78, 5) is 0. The zero-order chi connectivity index (χ0) is 10.8. The second kappa shape index (κ2) is 3.06. The van der Waals surface area contributed by atoms with Crippen molar-refractivity contribution in [1.82, 2.24) is 10.2 Å². The summed E-state index contributed by atoms with van der Waals surface area (Å²) in [5, 5.41) is 6.36. The van der Waals surface area contributed by atoms with Gasteiger partial charge in [0.25, 0.3) is 0 Å². The molecule has 0 aliphatic rings. The van der Waals surface area contributed by atoms with E-state index in [0.29, 0.717) is 0 Å². The van der Waals surface area contributed by atoms with Gasteiger partial charge in [0, 0.05) is 13.6 Å². The Morgan fingerprint density at radius 3 is 2.92 bits per heavy atom.